The topological polar surface area (TPSA) is 90.9 Å². The van der Waals surface area contributed by atoms with Crippen molar-refractivity contribution in [1.82, 2.24) is 5.32 Å². The van der Waals surface area contributed by atoms with Crippen LogP contribution in [0, 0.1) is 11.8 Å². The molecule has 0 unspecified atom stereocenters. The van der Waals surface area contributed by atoms with E-state index >= 15 is 0 Å². The molecule has 9 heteroatoms. The Morgan fingerprint density at radius 1 is 1.16 bits per heavy atom. The molecule has 2 aliphatic rings. The Bertz CT molecular complexity index is 1020. The minimum absolute atomic E-state index is 0.0574. The molecule has 0 fully saturated rings. The normalized spacial score (nSPS) is 22.9. The first kappa shape index (κ1) is 24.3. The number of ketones is 1. The van der Waals surface area contributed by atoms with Gasteiger partial charge in [0.05, 0.1) is 29.3 Å². The Balaban J connectivity index is 2.14. The number of Topliss-reactive ketones (excluding diaryl/α,β-unsaturated/α-hetero) is 1. The van der Waals surface area contributed by atoms with Gasteiger partial charge >= 0.3 is 11.9 Å². The standard InChI is InChI=1S/C23H25Cl2NO6/c1-11-9-16-20(21(27)17(11)22(28)31-4)19(13-5-6-14(24)15(25)10-13)18(12(2)26-16)23(29)32-8-7-30-3/h5-6,10-11,17,19,26H,7-9H2,1-4H3/t11-,17+,19-/m1/s1. The van der Waals surface area contributed by atoms with E-state index in [0.717, 1.165) is 0 Å². The number of carbonyl (C=O) groups is 3. The zero-order chi connectivity index (χ0) is 23.6. The van der Waals surface area contributed by atoms with Gasteiger partial charge in [0.25, 0.3) is 0 Å². The molecule has 0 saturated carbocycles. The van der Waals surface area contributed by atoms with Crippen LogP contribution in [0.4, 0.5) is 0 Å². The van der Waals surface area contributed by atoms with Gasteiger partial charge < -0.3 is 19.5 Å². The van der Waals surface area contributed by atoms with Crippen molar-refractivity contribution < 1.29 is 28.6 Å². The maximum Gasteiger partial charge on any atom is 0.336 e. The van der Waals surface area contributed by atoms with E-state index in [-0.39, 0.29) is 35.5 Å². The number of nitrogens with one attached hydrogen (secondary N) is 1. The van der Waals surface area contributed by atoms with Gasteiger partial charge in [0.15, 0.2) is 5.78 Å². The number of rotatable bonds is 6. The van der Waals surface area contributed by atoms with Gasteiger partial charge in [-0.25, -0.2) is 4.79 Å². The van der Waals surface area contributed by atoms with Crippen LogP contribution in [0.2, 0.25) is 10.0 Å². The quantitative estimate of drug-likeness (QED) is 0.375. The van der Waals surface area contributed by atoms with Crippen molar-refractivity contribution in [2.24, 2.45) is 11.8 Å². The number of halogens is 2. The minimum Gasteiger partial charge on any atom is -0.468 e. The first-order valence-corrected chi connectivity index (χ1v) is 10.9. The van der Waals surface area contributed by atoms with Crippen LogP contribution in [-0.2, 0) is 28.6 Å². The van der Waals surface area contributed by atoms with Crippen LogP contribution in [0.3, 0.4) is 0 Å². The number of ether oxygens (including phenoxy) is 3. The fourth-order valence-corrected chi connectivity index (χ4v) is 4.58. The summed E-state index contributed by atoms with van der Waals surface area (Å²) in [5.74, 6) is -3.58. The molecule has 0 spiro atoms. The number of allylic oxidation sites excluding steroid dienone is 3. The molecule has 3 rings (SSSR count). The zero-order valence-corrected chi connectivity index (χ0v) is 19.8. The van der Waals surface area contributed by atoms with E-state index in [1.807, 2.05) is 6.92 Å². The molecule has 1 aromatic rings. The summed E-state index contributed by atoms with van der Waals surface area (Å²) >= 11 is 12.4. The predicted molar refractivity (Wildman–Crippen MR) is 119 cm³/mol. The molecule has 0 radical (unpaired) electrons. The molecular weight excluding hydrogens is 457 g/mol. The molecule has 0 bridgehead atoms. The van der Waals surface area contributed by atoms with Crippen LogP contribution in [0.15, 0.2) is 40.7 Å². The third kappa shape index (κ3) is 4.56. The molecule has 3 atom stereocenters. The van der Waals surface area contributed by atoms with Crippen molar-refractivity contribution in [3.05, 3.63) is 56.3 Å². The third-order valence-electron chi connectivity index (χ3n) is 5.76. The molecule has 0 amide bonds. The molecule has 0 aromatic heterocycles. The second-order valence-corrected chi connectivity index (χ2v) is 8.65. The van der Waals surface area contributed by atoms with Crippen LogP contribution in [0.25, 0.3) is 0 Å². The van der Waals surface area contributed by atoms with Gasteiger partial charge in [0.2, 0.25) is 0 Å². The van der Waals surface area contributed by atoms with Gasteiger partial charge in [-0.1, -0.05) is 36.2 Å². The van der Waals surface area contributed by atoms with Gasteiger partial charge in [-0.05, 0) is 37.0 Å². The summed E-state index contributed by atoms with van der Waals surface area (Å²) in [7, 11) is 2.76. The highest BCUT2D eigenvalue weighted by Gasteiger charge is 2.47. The van der Waals surface area contributed by atoms with Gasteiger partial charge in [0.1, 0.15) is 12.5 Å². The van der Waals surface area contributed by atoms with Crippen LogP contribution in [0.1, 0.15) is 31.7 Å². The highest BCUT2D eigenvalue weighted by molar-refractivity contribution is 6.42. The van der Waals surface area contributed by atoms with Crippen LogP contribution < -0.4 is 5.32 Å². The second kappa shape index (κ2) is 10.1. The lowest BCUT2D eigenvalue weighted by molar-refractivity contribution is -0.151. The molecular formula is C23H25Cl2NO6. The number of hydrogen-bond acceptors (Lipinski definition) is 7. The Hall–Kier alpha value is -2.35. The van der Waals surface area contributed by atoms with Crippen molar-refractivity contribution in [2.75, 3.05) is 27.4 Å². The first-order chi connectivity index (χ1) is 15.2. The Labute approximate surface area is 196 Å². The van der Waals surface area contributed by atoms with Gasteiger partial charge in [-0.15, -0.1) is 0 Å². The van der Waals surface area contributed by atoms with Crippen molar-refractivity contribution in [1.29, 1.82) is 0 Å². The van der Waals surface area contributed by atoms with Crippen LogP contribution in [-0.4, -0.2) is 45.2 Å². The summed E-state index contributed by atoms with van der Waals surface area (Å²) in [4.78, 5) is 39.1. The maximum atomic E-state index is 13.6. The number of methoxy groups -OCH3 is 2. The molecule has 172 valence electrons. The highest BCUT2D eigenvalue weighted by Crippen LogP contribution is 2.46. The summed E-state index contributed by atoms with van der Waals surface area (Å²) in [5, 5.41) is 3.83. The average molecular weight is 482 g/mol. The molecule has 32 heavy (non-hydrogen) atoms. The number of hydrogen-bond donors (Lipinski definition) is 1. The summed E-state index contributed by atoms with van der Waals surface area (Å²) in [6, 6.07) is 4.94. The Morgan fingerprint density at radius 2 is 1.88 bits per heavy atom. The summed E-state index contributed by atoms with van der Waals surface area (Å²) < 4.78 is 15.2. The maximum absolute atomic E-state index is 13.6. The molecule has 0 saturated heterocycles. The fraction of sp³-hybridized carbons (Fsp3) is 0.435. The van der Waals surface area contributed by atoms with Crippen LogP contribution >= 0.6 is 23.2 Å². The SMILES string of the molecule is COCCOC(=O)C1=C(C)NC2=C(C(=O)[C@@H](C(=O)OC)[C@H](C)C2)[C@@H]1c1ccc(Cl)c(Cl)c1. The smallest absolute Gasteiger partial charge is 0.336 e. The lowest BCUT2D eigenvalue weighted by Crippen LogP contribution is -2.43. The second-order valence-electron chi connectivity index (χ2n) is 7.84. The third-order valence-corrected chi connectivity index (χ3v) is 6.50. The number of benzene rings is 1. The first-order valence-electron chi connectivity index (χ1n) is 10.1. The molecule has 1 N–H and O–H groups in total. The lowest BCUT2D eigenvalue weighted by Gasteiger charge is -2.38. The van der Waals surface area contributed by atoms with Crippen molar-refractivity contribution >= 4 is 40.9 Å². The van der Waals surface area contributed by atoms with Gasteiger partial charge in [-0.3, -0.25) is 9.59 Å². The molecule has 1 heterocycles. The molecule has 1 aromatic carbocycles. The molecule has 1 aliphatic carbocycles. The average Bonchev–Trinajstić information content (AvgIpc) is 2.74. The van der Waals surface area contributed by atoms with E-state index in [1.165, 1.54) is 14.2 Å². The predicted octanol–water partition coefficient (Wildman–Crippen LogP) is 3.80. The van der Waals surface area contributed by atoms with E-state index in [9.17, 15) is 14.4 Å². The largest absolute Gasteiger partial charge is 0.468 e. The molecule has 7 nitrogen and oxygen atoms in total. The number of dihydropyridines is 1. The molecule has 1 aliphatic heterocycles. The summed E-state index contributed by atoms with van der Waals surface area (Å²) in [6.07, 6.45) is 0.446. The minimum atomic E-state index is -0.963. The van der Waals surface area contributed by atoms with Gasteiger partial charge in [0, 0.05) is 30.0 Å². The zero-order valence-electron chi connectivity index (χ0n) is 18.3. The van der Waals surface area contributed by atoms with Crippen molar-refractivity contribution in [3.8, 4) is 0 Å². The highest BCUT2D eigenvalue weighted by atomic mass is 35.5. The monoisotopic (exact) mass is 481 g/mol. The summed E-state index contributed by atoms with van der Waals surface area (Å²) in [5.41, 5.74) is 2.44. The van der Waals surface area contributed by atoms with E-state index in [1.54, 1.807) is 25.1 Å². The van der Waals surface area contributed by atoms with Crippen molar-refractivity contribution in [3.63, 3.8) is 0 Å². The van der Waals surface area contributed by atoms with E-state index in [4.69, 9.17) is 37.4 Å². The van der Waals surface area contributed by atoms with Crippen molar-refractivity contribution in [2.45, 2.75) is 26.2 Å². The van der Waals surface area contributed by atoms with Gasteiger partial charge in [-0.2, -0.15) is 0 Å². The van der Waals surface area contributed by atoms with E-state index in [2.05, 4.69) is 5.32 Å². The van der Waals surface area contributed by atoms with Crippen LogP contribution in [0.5, 0.6) is 0 Å². The lowest BCUT2D eigenvalue weighted by atomic mass is 9.69. The summed E-state index contributed by atoms with van der Waals surface area (Å²) in [6.45, 7) is 3.87. The van der Waals surface area contributed by atoms with E-state index in [0.29, 0.717) is 34.0 Å². The fourth-order valence-electron chi connectivity index (χ4n) is 4.27. The Morgan fingerprint density at radius 3 is 2.50 bits per heavy atom. The van der Waals surface area contributed by atoms with E-state index < -0.39 is 23.8 Å². The Kier molecular flexibility index (Phi) is 7.64. The number of esters is 2. The number of carbonyl (C=O) groups excluding carboxylic acids is 3.